The van der Waals surface area contributed by atoms with Crippen LogP contribution in [0, 0.1) is 11.2 Å². The topological polar surface area (TPSA) is 127 Å². The molecule has 3 aromatic carbocycles. The maximum absolute atomic E-state index is 14.8. The molecular weight excluding hydrogens is 559 g/mol. The van der Waals surface area contributed by atoms with Gasteiger partial charge in [-0.3, -0.25) is 9.59 Å². The van der Waals surface area contributed by atoms with Crippen LogP contribution in [0.15, 0.2) is 72.9 Å². The van der Waals surface area contributed by atoms with Gasteiger partial charge < -0.3 is 16.0 Å². The van der Waals surface area contributed by atoms with Gasteiger partial charge in [0.2, 0.25) is 17.8 Å². The van der Waals surface area contributed by atoms with Gasteiger partial charge in [-0.2, -0.15) is 0 Å². The summed E-state index contributed by atoms with van der Waals surface area (Å²) in [7, 11) is 0. The van der Waals surface area contributed by atoms with E-state index in [1.54, 1.807) is 65.3 Å². The number of nitrogens with zero attached hydrogens (tertiary/aromatic N) is 5. The standard InChI is InChI=1S/C30H26ClFN8O2/c1-17(2)40-25-15-18(3-12-24(25)38-39-40)26-23(32)16-33-29(37-26)36-22-10-8-21(9-11-22)35-28(42)30(13-14-30)27(41)34-20-6-4-19(31)5-7-20/h3-12,15-17H,13-14H2,1-2H3,(H,34,41)(H,35,42)(H,33,36,37). The molecule has 6 rings (SSSR count). The Morgan fingerprint density at radius 3 is 2.17 bits per heavy atom. The molecule has 10 nitrogen and oxygen atoms in total. The molecule has 12 heteroatoms. The van der Waals surface area contributed by atoms with Crippen LogP contribution in [0.4, 0.5) is 27.4 Å². The number of carbonyl (C=O) groups is 2. The van der Waals surface area contributed by atoms with Crippen LogP contribution in [-0.2, 0) is 9.59 Å². The largest absolute Gasteiger partial charge is 0.325 e. The Bertz CT molecular complexity index is 1800. The van der Waals surface area contributed by atoms with Gasteiger partial charge in [-0.05, 0) is 87.4 Å². The normalized spacial score (nSPS) is 13.6. The molecule has 2 aromatic heterocycles. The lowest BCUT2D eigenvalue weighted by Crippen LogP contribution is -2.35. The third-order valence-corrected chi connectivity index (χ3v) is 7.35. The molecule has 42 heavy (non-hydrogen) atoms. The van der Waals surface area contributed by atoms with Crippen LogP contribution in [-0.4, -0.2) is 36.8 Å². The Morgan fingerprint density at radius 2 is 1.55 bits per heavy atom. The zero-order valence-electron chi connectivity index (χ0n) is 22.7. The van der Waals surface area contributed by atoms with Gasteiger partial charge in [0.15, 0.2) is 5.82 Å². The van der Waals surface area contributed by atoms with E-state index in [0.29, 0.717) is 46.0 Å². The number of rotatable bonds is 8. The van der Waals surface area contributed by atoms with Crippen molar-refractivity contribution in [3.05, 3.63) is 83.8 Å². The molecule has 0 radical (unpaired) electrons. The summed E-state index contributed by atoms with van der Waals surface area (Å²) >= 11 is 5.91. The second kappa shape index (κ2) is 10.8. The first-order valence-corrected chi connectivity index (χ1v) is 13.7. The lowest BCUT2D eigenvalue weighted by Gasteiger charge is -2.16. The summed E-state index contributed by atoms with van der Waals surface area (Å²) in [6, 6.07) is 19.0. The van der Waals surface area contributed by atoms with E-state index in [0.717, 1.165) is 11.7 Å². The molecule has 2 amide bonds. The third kappa shape index (κ3) is 5.38. The van der Waals surface area contributed by atoms with Gasteiger partial charge in [0.25, 0.3) is 0 Å². The molecule has 1 aliphatic carbocycles. The highest BCUT2D eigenvalue weighted by Crippen LogP contribution is 2.47. The highest BCUT2D eigenvalue weighted by atomic mass is 35.5. The summed E-state index contributed by atoms with van der Waals surface area (Å²) in [6.07, 6.45) is 2.04. The second-order valence-corrected chi connectivity index (χ2v) is 10.9. The van der Waals surface area contributed by atoms with Crippen LogP contribution in [0.3, 0.4) is 0 Å². The molecule has 2 heterocycles. The quantitative estimate of drug-likeness (QED) is 0.181. The lowest BCUT2D eigenvalue weighted by molar-refractivity contribution is -0.131. The van der Waals surface area contributed by atoms with Crippen LogP contribution in [0.2, 0.25) is 5.02 Å². The fraction of sp³-hybridized carbons (Fsp3) is 0.200. The summed E-state index contributed by atoms with van der Waals surface area (Å²) in [4.78, 5) is 34.4. The average molecular weight is 585 g/mol. The molecule has 0 aliphatic heterocycles. The molecule has 1 fully saturated rings. The van der Waals surface area contributed by atoms with E-state index >= 15 is 0 Å². The number of hydrogen-bond acceptors (Lipinski definition) is 7. The molecule has 3 N–H and O–H groups in total. The zero-order valence-corrected chi connectivity index (χ0v) is 23.5. The first-order valence-electron chi connectivity index (χ1n) is 13.4. The van der Waals surface area contributed by atoms with Gasteiger partial charge in [0.05, 0.1) is 11.7 Å². The van der Waals surface area contributed by atoms with Crippen LogP contribution >= 0.6 is 11.6 Å². The molecule has 1 aliphatic rings. The number of carbonyl (C=O) groups excluding carboxylic acids is 2. The van der Waals surface area contributed by atoms with Crippen molar-refractivity contribution in [1.29, 1.82) is 0 Å². The number of halogens is 2. The van der Waals surface area contributed by atoms with Crippen molar-refractivity contribution < 1.29 is 14.0 Å². The van der Waals surface area contributed by atoms with Crippen molar-refractivity contribution in [3.8, 4) is 11.3 Å². The van der Waals surface area contributed by atoms with Gasteiger partial charge in [0, 0.05) is 33.7 Å². The molecule has 0 spiro atoms. The molecular formula is C30H26ClFN8O2. The fourth-order valence-corrected chi connectivity index (χ4v) is 4.70. The van der Waals surface area contributed by atoms with Crippen molar-refractivity contribution in [2.45, 2.75) is 32.7 Å². The second-order valence-electron chi connectivity index (χ2n) is 10.4. The number of aromatic nitrogens is 5. The van der Waals surface area contributed by atoms with Crippen molar-refractivity contribution in [1.82, 2.24) is 25.0 Å². The highest BCUT2D eigenvalue weighted by Gasteiger charge is 2.56. The Kier molecular flexibility index (Phi) is 7.03. The van der Waals surface area contributed by atoms with E-state index < -0.39 is 11.2 Å². The van der Waals surface area contributed by atoms with E-state index in [2.05, 4.69) is 36.2 Å². The third-order valence-electron chi connectivity index (χ3n) is 7.10. The van der Waals surface area contributed by atoms with Crippen LogP contribution in [0.5, 0.6) is 0 Å². The molecule has 212 valence electrons. The van der Waals surface area contributed by atoms with Crippen LogP contribution < -0.4 is 16.0 Å². The SMILES string of the molecule is CC(C)n1nnc2ccc(-c3nc(Nc4ccc(NC(=O)C5(C(=O)Nc6ccc(Cl)cc6)CC5)cc4)ncc3F)cc21. The van der Waals surface area contributed by atoms with Gasteiger partial charge in [-0.1, -0.05) is 22.9 Å². The van der Waals surface area contributed by atoms with Gasteiger partial charge in [-0.25, -0.2) is 19.0 Å². The van der Waals surface area contributed by atoms with Crippen molar-refractivity contribution in [3.63, 3.8) is 0 Å². The summed E-state index contributed by atoms with van der Waals surface area (Å²) in [5, 5.41) is 17.6. The fourth-order valence-electron chi connectivity index (χ4n) is 4.58. The van der Waals surface area contributed by atoms with Gasteiger partial charge >= 0.3 is 0 Å². The zero-order chi connectivity index (χ0) is 29.4. The Morgan fingerprint density at radius 1 is 0.929 bits per heavy atom. The van der Waals surface area contributed by atoms with Crippen molar-refractivity contribution in [2.24, 2.45) is 5.41 Å². The monoisotopic (exact) mass is 584 g/mol. The number of benzene rings is 3. The molecule has 0 bridgehead atoms. The number of nitrogens with one attached hydrogen (secondary N) is 3. The maximum Gasteiger partial charge on any atom is 0.240 e. The predicted octanol–water partition coefficient (Wildman–Crippen LogP) is 6.36. The molecule has 1 saturated carbocycles. The molecule has 0 unspecified atom stereocenters. The summed E-state index contributed by atoms with van der Waals surface area (Å²) in [5.74, 6) is -1.08. The maximum atomic E-state index is 14.8. The van der Waals surface area contributed by atoms with Crippen molar-refractivity contribution in [2.75, 3.05) is 16.0 Å². The van der Waals surface area contributed by atoms with E-state index in [9.17, 15) is 14.0 Å². The Hall–Kier alpha value is -4.90. The summed E-state index contributed by atoms with van der Waals surface area (Å²) in [6.45, 7) is 3.99. The predicted molar refractivity (Wildman–Crippen MR) is 159 cm³/mol. The number of hydrogen-bond donors (Lipinski definition) is 3. The number of fused-ring (bicyclic) bond motifs is 1. The Labute approximate surface area is 245 Å². The van der Waals surface area contributed by atoms with Crippen molar-refractivity contribution >= 4 is 57.5 Å². The minimum Gasteiger partial charge on any atom is -0.325 e. The number of amides is 2. The molecule has 0 atom stereocenters. The minimum atomic E-state index is -1.11. The van der Waals surface area contributed by atoms with E-state index in [1.165, 1.54) is 0 Å². The van der Waals surface area contributed by atoms with Crippen LogP contribution in [0.25, 0.3) is 22.3 Å². The van der Waals surface area contributed by atoms with E-state index in [1.807, 2.05) is 19.9 Å². The van der Waals surface area contributed by atoms with Gasteiger partial charge in [-0.15, -0.1) is 5.10 Å². The summed E-state index contributed by atoms with van der Waals surface area (Å²) < 4.78 is 16.6. The lowest BCUT2D eigenvalue weighted by atomic mass is 10.0. The number of anilines is 4. The first-order chi connectivity index (χ1) is 20.2. The van der Waals surface area contributed by atoms with E-state index in [4.69, 9.17) is 11.6 Å². The first kappa shape index (κ1) is 27.3. The smallest absolute Gasteiger partial charge is 0.240 e. The molecule has 5 aromatic rings. The minimum absolute atomic E-state index is 0.0896. The van der Waals surface area contributed by atoms with Gasteiger partial charge in [0.1, 0.15) is 16.6 Å². The average Bonchev–Trinajstić information content (AvgIpc) is 3.69. The highest BCUT2D eigenvalue weighted by molar-refractivity contribution is 6.30. The Balaban J connectivity index is 1.13. The van der Waals surface area contributed by atoms with E-state index in [-0.39, 0.29) is 29.5 Å². The summed E-state index contributed by atoms with van der Waals surface area (Å²) in [5.41, 5.74) is 2.82. The van der Waals surface area contributed by atoms with Crippen LogP contribution in [0.1, 0.15) is 32.7 Å². The molecule has 0 saturated heterocycles.